The Balaban J connectivity index is 1.68. The Bertz CT molecular complexity index is 719. The lowest BCUT2D eigenvalue weighted by Crippen LogP contribution is -2.62. The van der Waals surface area contributed by atoms with Gasteiger partial charge in [0.1, 0.15) is 0 Å². The number of amides is 1. The molecule has 1 saturated heterocycles. The largest absolute Gasteiger partial charge is 0.543 e. The number of β-lactam (4-membered cyclic amide) rings is 1. The lowest BCUT2D eigenvalue weighted by atomic mass is 9.83. The van der Waals surface area contributed by atoms with Crippen LogP contribution in [0.25, 0.3) is 0 Å². The number of aliphatic carboxylic acids is 1. The molecule has 128 valence electrons. The summed E-state index contributed by atoms with van der Waals surface area (Å²) in [6.07, 6.45) is 3.37. The molecule has 1 aromatic heterocycles. The number of hydrogen-bond acceptors (Lipinski definition) is 6. The summed E-state index contributed by atoms with van der Waals surface area (Å²) in [6.45, 7) is 2.22. The van der Waals surface area contributed by atoms with Crippen molar-refractivity contribution in [3.8, 4) is 0 Å². The van der Waals surface area contributed by atoms with Crippen molar-refractivity contribution in [2.24, 2.45) is 5.92 Å². The molecule has 1 amide bonds. The lowest BCUT2D eigenvalue weighted by Gasteiger charge is -2.45. The smallest absolute Gasteiger partial charge is 0.235 e. The molecule has 0 saturated carbocycles. The van der Waals surface area contributed by atoms with E-state index < -0.39 is 18.0 Å². The third-order valence-corrected chi connectivity index (χ3v) is 5.48. The fourth-order valence-corrected chi connectivity index (χ4v) is 4.46. The predicted molar refractivity (Wildman–Crippen MR) is 86.0 cm³/mol. The number of nitrogens with zero attached hydrogens (tertiary/aromatic N) is 2. The van der Waals surface area contributed by atoms with E-state index in [9.17, 15) is 19.8 Å². The number of carboxylic acids is 1. The molecular weight excluding hydrogens is 330 g/mol. The number of aromatic nitrogens is 1. The summed E-state index contributed by atoms with van der Waals surface area (Å²) >= 11 is 1.41. The Morgan fingerprint density at radius 1 is 1.62 bits per heavy atom. The van der Waals surface area contributed by atoms with Crippen LogP contribution in [0.15, 0.2) is 35.1 Å². The minimum absolute atomic E-state index is 0.0375. The molecule has 7 nitrogen and oxygen atoms in total. The fraction of sp³-hybridized carbons (Fsp3) is 0.438. The second-order valence-corrected chi connectivity index (χ2v) is 7.22. The van der Waals surface area contributed by atoms with E-state index in [1.54, 1.807) is 13.0 Å². The zero-order chi connectivity index (χ0) is 17.4. The van der Waals surface area contributed by atoms with Crippen molar-refractivity contribution in [2.75, 3.05) is 11.5 Å². The molecular formula is C16H19N3O4S. The number of rotatable bonds is 6. The molecule has 8 heteroatoms. The number of carbonyl (C=O) groups is 2. The van der Waals surface area contributed by atoms with Gasteiger partial charge in [-0.05, 0) is 13.0 Å². The molecule has 0 spiro atoms. The molecule has 2 aliphatic heterocycles. The van der Waals surface area contributed by atoms with E-state index in [0.717, 1.165) is 0 Å². The van der Waals surface area contributed by atoms with Gasteiger partial charge in [0.25, 0.3) is 0 Å². The first kappa shape index (κ1) is 16.8. The highest BCUT2D eigenvalue weighted by atomic mass is 32.2. The summed E-state index contributed by atoms with van der Waals surface area (Å²) in [7, 11) is 0. The van der Waals surface area contributed by atoms with E-state index >= 15 is 0 Å². The number of thioether (sulfide) groups is 1. The van der Waals surface area contributed by atoms with E-state index in [-0.39, 0.29) is 17.6 Å². The summed E-state index contributed by atoms with van der Waals surface area (Å²) in [5.74, 6) is -1.56. The third kappa shape index (κ3) is 2.87. The maximum absolute atomic E-state index is 12.1. The molecule has 3 N–H and O–H groups in total. The van der Waals surface area contributed by atoms with Gasteiger partial charge >= 0.3 is 0 Å². The van der Waals surface area contributed by atoms with Gasteiger partial charge in [-0.15, -0.1) is 11.8 Å². The number of aliphatic hydroxyl groups excluding tert-OH is 1. The van der Waals surface area contributed by atoms with Crippen LogP contribution in [0.5, 0.6) is 0 Å². The van der Waals surface area contributed by atoms with Crippen molar-refractivity contribution >= 4 is 29.3 Å². The zero-order valence-corrected chi connectivity index (χ0v) is 14.0. The van der Waals surface area contributed by atoms with Gasteiger partial charge in [-0.3, -0.25) is 4.79 Å². The van der Waals surface area contributed by atoms with Crippen LogP contribution >= 0.6 is 11.8 Å². The van der Waals surface area contributed by atoms with Gasteiger partial charge in [0.2, 0.25) is 5.91 Å². The Hall–Kier alpha value is -2.06. The maximum Gasteiger partial charge on any atom is 0.235 e. The van der Waals surface area contributed by atoms with E-state index in [1.165, 1.54) is 16.7 Å². The van der Waals surface area contributed by atoms with Crippen molar-refractivity contribution in [3.63, 3.8) is 0 Å². The summed E-state index contributed by atoms with van der Waals surface area (Å²) in [5.41, 5.74) is 6.35. The van der Waals surface area contributed by atoms with Crippen LogP contribution in [-0.4, -0.2) is 39.8 Å². The first-order valence-electron chi connectivity index (χ1n) is 7.73. The third-order valence-electron chi connectivity index (χ3n) is 4.39. The molecule has 1 aromatic rings. The van der Waals surface area contributed by atoms with Gasteiger partial charge in [-0.1, -0.05) is 0 Å². The molecule has 0 radical (unpaired) electrons. The normalized spacial score (nSPS) is 23.9. The van der Waals surface area contributed by atoms with Gasteiger partial charge in [0.05, 0.1) is 41.2 Å². The number of nitrogens with two attached hydrogens (primary N) is 1. The lowest BCUT2D eigenvalue weighted by molar-refractivity contribution is -0.691. The summed E-state index contributed by atoms with van der Waals surface area (Å²) in [5, 5.41) is 21.1. The number of carboxylic acid groups (broad SMARTS) is 1. The Morgan fingerprint density at radius 2 is 2.38 bits per heavy atom. The van der Waals surface area contributed by atoms with Gasteiger partial charge in [-0.2, -0.15) is 0 Å². The van der Waals surface area contributed by atoms with E-state index in [2.05, 4.69) is 0 Å². The quantitative estimate of drug-likeness (QED) is 0.496. The van der Waals surface area contributed by atoms with Crippen LogP contribution in [0.2, 0.25) is 0 Å². The zero-order valence-electron chi connectivity index (χ0n) is 13.2. The van der Waals surface area contributed by atoms with Gasteiger partial charge in [-0.25, -0.2) is 4.57 Å². The van der Waals surface area contributed by atoms with Gasteiger partial charge in [0.15, 0.2) is 18.9 Å². The number of fused-ring (bicyclic) bond motifs is 1. The average Bonchev–Trinajstić information content (AvgIpc) is 2.81. The molecule has 2 aliphatic rings. The molecule has 3 heterocycles. The SMILES string of the molecule is CC(O)[C@H]1C(=O)N2C(C(=O)[O-])=C(SCC[n+]3cccc(N)c3)C[C@H]12. The van der Waals surface area contributed by atoms with Gasteiger partial charge < -0.3 is 25.6 Å². The van der Waals surface area contributed by atoms with Crippen LogP contribution in [0.4, 0.5) is 5.69 Å². The maximum atomic E-state index is 12.1. The van der Waals surface area contributed by atoms with Crippen LogP contribution < -0.4 is 15.4 Å². The molecule has 3 atom stereocenters. The number of nitrogen functional groups attached to an aromatic ring is 1. The van der Waals surface area contributed by atoms with Crippen molar-refractivity contribution < 1.29 is 24.4 Å². The first-order valence-corrected chi connectivity index (χ1v) is 8.71. The minimum Gasteiger partial charge on any atom is -0.543 e. The molecule has 0 bridgehead atoms. The number of carbonyl (C=O) groups excluding carboxylic acids is 2. The monoisotopic (exact) mass is 349 g/mol. The molecule has 1 unspecified atom stereocenters. The standard InChI is InChI=1S/C16H19N3O4S/c1-9(20)13-11-7-12(14(16(22)23)19(11)15(13)21)24-6-5-18-4-2-3-10(17)8-18/h2-4,8-9,11,13,20H,5-7,17H2,1H3/t9?,11-,13-/m1/s1. The fourth-order valence-electron chi connectivity index (χ4n) is 3.31. The van der Waals surface area contributed by atoms with Crippen molar-refractivity contribution in [1.29, 1.82) is 0 Å². The number of aliphatic hydroxyl groups is 1. The van der Waals surface area contributed by atoms with Crippen LogP contribution in [0.1, 0.15) is 13.3 Å². The first-order chi connectivity index (χ1) is 11.4. The molecule has 24 heavy (non-hydrogen) atoms. The Labute approximate surface area is 143 Å². The highest BCUT2D eigenvalue weighted by Crippen LogP contribution is 2.46. The van der Waals surface area contributed by atoms with Crippen LogP contribution in [0, 0.1) is 5.92 Å². The van der Waals surface area contributed by atoms with Crippen molar-refractivity contribution in [3.05, 3.63) is 35.1 Å². The van der Waals surface area contributed by atoms with Gasteiger partial charge in [0, 0.05) is 17.4 Å². The highest BCUT2D eigenvalue weighted by Gasteiger charge is 2.55. The number of hydrogen-bond donors (Lipinski definition) is 2. The van der Waals surface area contributed by atoms with E-state index in [0.29, 0.717) is 29.3 Å². The number of anilines is 1. The second kappa shape index (κ2) is 6.45. The molecule has 3 rings (SSSR count). The average molecular weight is 349 g/mol. The predicted octanol–water partition coefficient (Wildman–Crippen LogP) is -1.14. The van der Waals surface area contributed by atoms with Crippen molar-refractivity contribution in [2.45, 2.75) is 32.0 Å². The summed E-state index contributed by atoms with van der Waals surface area (Å²) in [4.78, 5) is 25.4. The van der Waals surface area contributed by atoms with E-state index in [1.807, 2.05) is 23.0 Å². The molecule has 0 aliphatic carbocycles. The number of pyridine rings is 1. The highest BCUT2D eigenvalue weighted by molar-refractivity contribution is 8.03. The second-order valence-electron chi connectivity index (χ2n) is 6.03. The Morgan fingerprint density at radius 3 is 3.00 bits per heavy atom. The molecule has 1 fully saturated rings. The number of aryl methyl sites for hydroxylation is 1. The summed E-state index contributed by atoms with van der Waals surface area (Å²) in [6, 6.07) is 3.37. The van der Waals surface area contributed by atoms with Crippen LogP contribution in [-0.2, 0) is 16.1 Å². The topological polar surface area (TPSA) is 111 Å². The molecule has 0 aromatic carbocycles. The minimum atomic E-state index is -1.34. The van der Waals surface area contributed by atoms with Crippen molar-refractivity contribution in [1.82, 2.24) is 4.90 Å². The van der Waals surface area contributed by atoms with E-state index in [4.69, 9.17) is 5.73 Å². The Kier molecular flexibility index (Phi) is 4.51. The summed E-state index contributed by atoms with van der Waals surface area (Å²) < 4.78 is 1.93. The van der Waals surface area contributed by atoms with Crippen LogP contribution in [0.3, 0.4) is 0 Å².